The number of carbonyl (C=O) groups excluding carboxylic acids is 1. The van der Waals surface area contributed by atoms with E-state index in [9.17, 15) is 4.79 Å². The lowest BCUT2D eigenvalue weighted by Gasteiger charge is -2.20. The summed E-state index contributed by atoms with van der Waals surface area (Å²) in [5, 5.41) is 3.30. The molecule has 0 aromatic carbocycles. The summed E-state index contributed by atoms with van der Waals surface area (Å²) in [5.74, 6) is 0.929. The fourth-order valence-corrected chi connectivity index (χ4v) is 1.73. The Morgan fingerprint density at radius 3 is 3.07 bits per heavy atom. The molecule has 1 aromatic rings. The smallest absolute Gasteiger partial charge is 0.221 e. The predicted molar refractivity (Wildman–Crippen MR) is 59.1 cm³/mol. The third-order valence-electron chi connectivity index (χ3n) is 2.34. The minimum absolute atomic E-state index is 0.0968. The van der Waals surface area contributed by atoms with Crippen molar-refractivity contribution >= 4 is 23.3 Å². The van der Waals surface area contributed by atoms with E-state index < -0.39 is 0 Å². The van der Waals surface area contributed by atoms with Gasteiger partial charge in [-0.25, -0.2) is 4.98 Å². The quantitative estimate of drug-likeness (QED) is 0.727. The fraction of sp³-hybridized carbons (Fsp3) is 0.400. The SMILES string of the molecule is O=C1CCN(c2cccc(Cl)n2)CCN1. The molecule has 1 fully saturated rings. The van der Waals surface area contributed by atoms with Crippen LogP contribution in [-0.4, -0.2) is 30.5 Å². The van der Waals surface area contributed by atoms with Crippen molar-refractivity contribution in [2.45, 2.75) is 6.42 Å². The first kappa shape index (κ1) is 10.2. The van der Waals surface area contributed by atoms with Gasteiger partial charge in [-0.15, -0.1) is 0 Å². The van der Waals surface area contributed by atoms with Crippen LogP contribution in [0.4, 0.5) is 5.82 Å². The summed E-state index contributed by atoms with van der Waals surface area (Å²) < 4.78 is 0. The van der Waals surface area contributed by atoms with E-state index >= 15 is 0 Å². The second-order valence-electron chi connectivity index (χ2n) is 3.41. The van der Waals surface area contributed by atoms with Gasteiger partial charge in [-0.05, 0) is 12.1 Å². The number of rotatable bonds is 1. The van der Waals surface area contributed by atoms with E-state index in [0.29, 0.717) is 24.7 Å². The highest BCUT2D eigenvalue weighted by Gasteiger charge is 2.14. The van der Waals surface area contributed by atoms with Gasteiger partial charge in [0.15, 0.2) is 0 Å². The molecule has 80 valence electrons. The van der Waals surface area contributed by atoms with Crippen molar-refractivity contribution in [2.75, 3.05) is 24.5 Å². The van der Waals surface area contributed by atoms with Crippen molar-refractivity contribution in [1.29, 1.82) is 0 Å². The van der Waals surface area contributed by atoms with Crippen LogP contribution in [0.3, 0.4) is 0 Å². The highest BCUT2D eigenvalue weighted by molar-refractivity contribution is 6.29. The molecule has 4 nitrogen and oxygen atoms in total. The van der Waals surface area contributed by atoms with Gasteiger partial charge in [0.1, 0.15) is 11.0 Å². The van der Waals surface area contributed by atoms with Crippen LogP contribution in [0.1, 0.15) is 6.42 Å². The van der Waals surface area contributed by atoms with Gasteiger partial charge in [-0.2, -0.15) is 0 Å². The number of hydrogen-bond donors (Lipinski definition) is 1. The molecule has 1 aliphatic heterocycles. The van der Waals surface area contributed by atoms with E-state index in [1.165, 1.54) is 0 Å². The normalized spacial score (nSPS) is 17.1. The largest absolute Gasteiger partial charge is 0.354 e. The summed E-state index contributed by atoms with van der Waals surface area (Å²) in [6.07, 6.45) is 0.508. The molecule has 0 spiro atoms. The van der Waals surface area contributed by atoms with Crippen molar-refractivity contribution < 1.29 is 4.79 Å². The van der Waals surface area contributed by atoms with Gasteiger partial charge < -0.3 is 10.2 Å². The Bertz CT molecular complexity index is 369. The lowest BCUT2D eigenvalue weighted by atomic mass is 10.3. The number of halogens is 1. The van der Waals surface area contributed by atoms with Gasteiger partial charge in [-0.3, -0.25) is 4.79 Å². The molecule has 2 rings (SSSR count). The molecule has 1 aliphatic rings. The molecule has 5 heteroatoms. The molecule has 0 bridgehead atoms. The van der Waals surface area contributed by atoms with Gasteiger partial charge >= 0.3 is 0 Å². The predicted octanol–water partition coefficient (Wildman–Crippen LogP) is 1.06. The zero-order valence-corrected chi connectivity index (χ0v) is 9.00. The van der Waals surface area contributed by atoms with Crippen molar-refractivity contribution in [3.05, 3.63) is 23.4 Å². The molecule has 15 heavy (non-hydrogen) atoms. The summed E-state index contributed by atoms with van der Waals surface area (Å²) in [5.41, 5.74) is 0. The van der Waals surface area contributed by atoms with Gasteiger partial charge in [0.2, 0.25) is 5.91 Å². The minimum Gasteiger partial charge on any atom is -0.354 e. The highest BCUT2D eigenvalue weighted by atomic mass is 35.5. The maximum Gasteiger partial charge on any atom is 0.221 e. The Morgan fingerprint density at radius 2 is 2.27 bits per heavy atom. The molecule has 1 saturated heterocycles. The lowest BCUT2D eigenvalue weighted by molar-refractivity contribution is -0.120. The zero-order valence-electron chi connectivity index (χ0n) is 8.24. The van der Waals surface area contributed by atoms with Crippen LogP contribution in [-0.2, 0) is 4.79 Å². The molecule has 0 unspecified atom stereocenters. The maximum absolute atomic E-state index is 11.1. The van der Waals surface area contributed by atoms with E-state index in [0.717, 1.165) is 12.4 Å². The highest BCUT2D eigenvalue weighted by Crippen LogP contribution is 2.15. The van der Waals surface area contributed by atoms with E-state index in [1.54, 1.807) is 6.07 Å². The Balaban J connectivity index is 2.13. The summed E-state index contributed by atoms with van der Waals surface area (Å²) >= 11 is 5.81. The second kappa shape index (κ2) is 4.49. The number of anilines is 1. The molecular formula is C10H12ClN3O. The summed E-state index contributed by atoms with van der Waals surface area (Å²) in [6, 6.07) is 5.51. The number of nitrogens with one attached hydrogen (secondary N) is 1. The van der Waals surface area contributed by atoms with Crippen molar-refractivity contribution in [3.8, 4) is 0 Å². The molecule has 0 radical (unpaired) electrons. The van der Waals surface area contributed by atoms with Crippen LogP contribution >= 0.6 is 11.6 Å². The maximum atomic E-state index is 11.1. The molecular weight excluding hydrogens is 214 g/mol. The van der Waals surface area contributed by atoms with Crippen LogP contribution in [0.25, 0.3) is 0 Å². The Morgan fingerprint density at radius 1 is 1.40 bits per heavy atom. The third kappa shape index (κ3) is 2.59. The summed E-state index contributed by atoms with van der Waals surface area (Å²) in [4.78, 5) is 17.4. The van der Waals surface area contributed by atoms with Crippen LogP contribution in [0, 0.1) is 0 Å². The lowest BCUT2D eigenvalue weighted by Crippen LogP contribution is -2.28. The molecule has 1 N–H and O–H groups in total. The van der Waals surface area contributed by atoms with E-state index in [2.05, 4.69) is 15.2 Å². The van der Waals surface area contributed by atoms with Crippen LogP contribution < -0.4 is 10.2 Å². The number of hydrogen-bond acceptors (Lipinski definition) is 3. The monoisotopic (exact) mass is 225 g/mol. The van der Waals surface area contributed by atoms with Crippen molar-refractivity contribution in [3.63, 3.8) is 0 Å². The molecule has 1 amide bonds. The standard InChI is InChI=1S/C10H12ClN3O/c11-8-2-1-3-9(13-8)14-6-4-10(15)12-5-7-14/h1-3H,4-7H2,(H,12,15). The number of nitrogens with zero attached hydrogens (tertiary/aromatic N) is 2. The average Bonchev–Trinajstić information content (AvgIpc) is 2.43. The summed E-state index contributed by atoms with van der Waals surface area (Å²) in [6.45, 7) is 2.13. The first-order valence-corrected chi connectivity index (χ1v) is 5.28. The zero-order chi connectivity index (χ0) is 10.7. The number of amides is 1. The topological polar surface area (TPSA) is 45.2 Å². The van der Waals surface area contributed by atoms with Crippen LogP contribution in [0.2, 0.25) is 5.15 Å². The Labute approximate surface area is 93.2 Å². The third-order valence-corrected chi connectivity index (χ3v) is 2.55. The summed E-state index contributed by atoms with van der Waals surface area (Å²) in [7, 11) is 0. The Kier molecular flexibility index (Phi) is 3.06. The van der Waals surface area contributed by atoms with E-state index in [-0.39, 0.29) is 5.91 Å². The fourth-order valence-electron chi connectivity index (χ4n) is 1.57. The number of aromatic nitrogens is 1. The molecule has 0 atom stereocenters. The van der Waals surface area contributed by atoms with Crippen molar-refractivity contribution in [1.82, 2.24) is 10.3 Å². The van der Waals surface area contributed by atoms with Crippen molar-refractivity contribution in [2.24, 2.45) is 0 Å². The van der Waals surface area contributed by atoms with Crippen LogP contribution in [0.15, 0.2) is 18.2 Å². The van der Waals surface area contributed by atoms with Gasteiger partial charge in [0.25, 0.3) is 0 Å². The molecule has 2 heterocycles. The first-order chi connectivity index (χ1) is 7.25. The first-order valence-electron chi connectivity index (χ1n) is 4.90. The van der Waals surface area contributed by atoms with E-state index in [4.69, 9.17) is 11.6 Å². The molecule has 1 aromatic heterocycles. The van der Waals surface area contributed by atoms with Gasteiger partial charge in [-0.1, -0.05) is 17.7 Å². The number of carbonyl (C=O) groups is 1. The average molecular weight is 226 g/mol. The molecule has 0 aliphatic carbocycles. The molecule has 0 saturated carbocycles. The number of pyridine rings is 1. The van der Waals surface area contributed by atoms with Crippen LogP contribution in [0.5, 0.6) is 0 Å². The van der Waals surface area contributed by atoms with Gasteiger partial charge in [0.05, 0.1) is 0 Å². The minimum atomic E-state index is 0.0968. The van der Waals surface area contributed by atoms with Gasteiger partial charge in [0, 0.05) is 26.1 Å². The van der Waals surface area contributed by atoms with E-state index in [1.807, 2.05) is 12.1 Å². The second-order valence-corrected chi connectivity index (χ2v) is 3.79. The Hall–Kier alpha value is -1.29.